The molecule has 1 heterocycles. The number of hydrogen-bond donors (Lipinski definition) is 2. The van der Waals surface area contributed by atoms with Crippen molar-refractivity contribution in [3.8, 4) is 0 Å². The van der Waals surface area contributed by atoms with E-state index in [1.807, 2.05) is 74.4 Å². The van der Waals surface area contributed by atoms with Crippen molar-refractivity contribution in [1.29, 1.82) is 0 Å². The van der Waals surface area contributed by atoms with Crippen LogP contribution in [-0.4, -0.2) is 50.0 Å². The van der Waals surface area contributed by atoms with Gasteiger partial charge in [0, 0.05) is 61.1 Å². The Labute approximate surface area is 246 Å². The van der Waals surface area contributed by atoms with Crippen LogP contribution in [0.4, 0.5) is 11.4 Å². The Hall–Kier alpha value is -4.03. The van der Waals surface area contributed by atoms with Gasteiger partial charge in [0.2, 0.25) is 20.0 Å². The van der Waals surface area contributed by atoms with Crippen molar-refractivity contribution in [3.63, 3.8) is 0 Å². The molecular weight excluding hydrogens is 571 g/mol. The van der Waals surface area contributed by atoms with E-state index < -0.39 is 20.0 Å². The van der Waals surface area contributed by atoms with Crippen LogP contribution in [0.1, 0.15) is 11.4 Å². The van der Waals surface area contributed by atoms with Gasteiger partial charge in [0.15, 0.2) is 0 Å². The Kier molecular flexibility index (Phi) is 8.20. The van der Waals surface area contributed by atoms with Crippen molar-refractivity contribution in [1.82, 2.24) is 14.4 Å². The number of rotatable bonds is 10. The summed E-state index contributed by atoms with van der Waals surface area (Å²) in [5.74, 6) is 0. The average molecular weight is 604 g/mol. The average Bonchev–Trinajstić information content (AvgIpc) is 2.98. The molecule has 0 aliphatic carbocycles. The molecule has 0 spiro atoms. The van der Waals surface area contributed by atoms with Crippen LogP contribution in [0.5, 0.6) is 0 Å². The quantitative estimate of drug-likeness (QED) is 0.242. The number of sulfonamides is 2. The Morgan fingerprint density at radius 2 is 0.881 bits per heavy atom. The lowest BCUT2D eigenvalue weighted by atomic mass is 10.1. The molecule has 5 aromatic rings. The molecule has 5 rings (SSSR count). The highest BCUT2D eigenvalue weighted by atomic mass is 32.2. The summed E-state index contributed by atoms with van der Waals surface area (Å²) >= 11 is 0. The van der Waals surface area contributed by atoms with Crippen molar-refractivity contribution in [3.05, 3.63) is 102 Å². The minimum absolute atomic E-state index is 0.0523. The van der Waals surface area contributed by atoms with Gasteiger partial charge in [-0.1, -0.05) is 54.6 Å². The molecule has 0 radical (unpaired) electrons. The van der Waals surface area contributed by atoms with Gasteiger partial charge in [-0.3, -0.25) is 4.98 Å². The Morgan fingerprint density at radius 1 is 0.524 bits per heavy atom. The summed E-state index contributed by atoms with van der Waals surface area (Å²) in [7, 11) is -0.0814. The van der Waals surface area contributed by atoms with Gasteiger partial charge in [-0.2, -0.15) is 0 Å². The van der Waals surface area contributed by atoms with Crippen LogP contribution in [0, 0.1) is 0 Å². The van der Waals surface area contributed by atoms with Crippen LogP contribution < -0.4 is 19.2 Å². The molecule has 2 N–H and O–H groups in total. The number of hydrogen-bond acceptors (Lipinski definition) is 7. The molecule has 0 aliphatic rings. The molecule has 0 saturated carbocycles. The topological polar surface area (TPSA) is 112 Å². The van der Waals surface area contributed by atoms with Crippen molar-refractivity contribution >= 4 is 53.0 Å². The van der Waals surface area contributed by atoms with E-state index in [9.17, 15) is 16.8 Å². The molecule has 0 unspecified atom stereocenters. The van der Waals surface area contributed by atoms with Gasteiger partial charge >= 0.3 is 0 Å². The summed E-state index contributed by atoms with van der Waals surface area (Å²) in [6.07, 6.45) is 0. The lowest BCUT2D eigenvalue weighted by Gasteiger charge is -2.17. The zero-order chi connectivity index (χ0) is 30.1. The molecule has 0 fully saturated rings. The monoisotopic (exact) mass is 603 g/mol. The van der Waals surface area contributed by atoms with Crippen molar-refractivity contribution < 1.29 is 16.8 Å². The fourth-order valence-corrected chi connectivity index (χ4v) is 7.43. The molecule has 1 aromatic heterocycles. The van der Waals surface area contributed by atoms with Crippen LogP contribution in [0.25, 0.3) is 21.5 Å². The standard InChI is InChI=1S/C31H33N5O4S2/c1-35(2)28-16-6-14-26-24(28)12-8-18-30(26)41(37,38)32-20-22-10-5-11-23(34-22)21-33-42(39,40)31-19-9-13-25-27(31)15-7-17-29(25)36(3)4/h5-19,32-33H,20-21H2,1-4H3. The van der Waals surface area contributed by atoms with Gasteiger partial charge in [0.25, 0.3) is 0 Å². The first-order valence-electron chi connectivity index (χ1n) is 13.3. The number of anilines is 2. The van der Waals surface area contributed by atoms with Crippen LogP contribution in [-0.2, 0) is 33.1 Å². The highest BCUT2D eigenvalue weighted by Crippen LogP contribution is 2.31. The van der Waals surface area contributed by atoms with Crippen molar-refractivity contribution in [2.45, 2.75) is 22.9 Å². The Bertz CT molecular complexity index is 1850. The van der Waals surface area contributed by atoms with Gasteiger partial charge in [-0.25, -0.2) is 26.3 Å². The van der Waals surface area contributed by atoms with E-state index in [1.54, 1.807) is 54.6 Å². The van der Waals surface area contributed by atoms with Crippen LogP contribution in [0.2, 0.25) is 0 Å². The third-order valence-electron chi connectivity index (χ3n) is 7.01. The van der Waals surface area contributed by atoms with E-state index in [1.165, 1.54) is 0 Å². The largest absolute Gasteiger partial charge is 0.377 e. The molecule has 0 amide bonds. The minimum atomic E-state index is -3.87. The highest BCUT2D eigenvalue weighted by molar-refractivity contribution is 7.90. The maximum atomic E-state index is 13.3. The number of nitrogens with zero attached hydrogens (tertiary/aromatic N) is 3. The van der Waals surface area contributed by atoms with E-state index in [-0.39, 0.29) is 22.9 Å². The third-order valence-corrected chi connectivity index (χ3v) is 9.93. The molecule has 0 aliphatic heterocycles. The molecule has 9 nitrogen and oxygen atoms in total. The summed E-state index contributed by atoms with van der Waals surface area (Å²) < 4.78 is 58.6. The molecule has 0 saturated heterocycles. The number of pyridine rings is 1. The zero-order valence-electron chi connectivity index (χ0n) is 23.9. The summed E-state index contributed by atoms with van der Waals surface area (Å²) in [5.41, 5.74) is 2.77. The second kappa shape index (κ2) is 11.7. The number of aromatic nitrogens is 1. The maximum Gasteiger partial charge on any atom is 0.241 e. The first-order chi connectivity index (χ1) is 20.0. The van der Waals surface area contributed by atoms with Crippen molar-refractivity contribution in [2.75, 3.05) is 38.0 Å². The van der Waals surface area contributed by atoms with E-state index in [2.05, 4.69) is 14.4 Å². The normalized spacial score (nSPS) is 12.1. The summed E-state index contributed by atoms with van der Waals surface area (Å²) in [5, 5.41) is 2.92. The summed E-state index contributed by atoms with van der Waals surface area (Å²) in [6, 6.07) is 26.7. The molecule has 42 heavy (non-hydrogen) atoms. The summed E-state index contributed by atoms with van der Waals surface area (Å²) in [4.78, 5) is 8.74. The fraction of sp³-hybridized carbons (Fsp3) is 0.194. The smallest absolute Gasteiger partial charge is 0.241 e. The van der Waals surface area contributed by atoms with Gasteiger partial charge in [0.1, 0.15) is 0 Å². The highest BCUT2D eigenvalue weighted by Gasteiger charge is 2.20. The maximum absolute atomic E-state index is 13.3. The Morgan fingerprint density at radius 3 is 1.29 bits per heavy atom. The van der Waals surface area contributed by atoms with E-state index in [4.69, 9.17) is 0 Å². The van der Waals surface area contributed by atoms with Gasteiger partial charge in [-0.15, -0.1) is 0 Å². The lowest BCUT2D eigenvalue weighted by Crippen LogP contribution is -2.26. The predicted molar refractivity (Wildman–Crippen MR) is 169 cm³/mol. The van der Waals surface area contributed by atoms with Crippen LogP contribution >= 0.6 is 0 Å². The molecule has 0 bridgehead atoms. The molecular formula is C31H33N5O4S2. The number of nitrogens with one attached hydrogen (secondary N) is 2. The predicted octanol–water partition coefficient (Wildman–Crippen LogP) is 4.48. The van der Waals surface area contributed by atoms with Crippen LogP contribution in [0.3, 0.4) is 0 Å². The lowest BCUT2D eigenvalue weighted by molar-refractivity contribution is 0.581. The van der Waals surface area contributed by atoms with E-state index in [0.29, 0.717) is 22.2 Å². The second-order valence-electron chi connectivity index (χ2n) is 10.3. The van der Waals surface area contributed by atoms with Crippen LogP contribution in [0.15, 0.2) is 101 Å². The molecule has 218 valence electrons. The number of fused-ring (bicyclic) bond motifs is 2. The second-order valence-corrected chi connectivity index (χ2v) is 13.8. The fourth-order valence-electron chi connectivity index (χ4n) is 5.00. The third kappa shape index (κ3) is 5.95. The van der Waals surface area contributed by atoms with Crippen molar-refractivity contribution in [2.24, 2.45) is 0 Å². The van der Waals surface area contributed by atoms with Gasteiger partial charge < -0.3 is 9.80 Å². The van der Waals surface area contributed by atoms with Gasteiger partial charge in [0.05, 0.1) is 34.3 Å². The SMILES string of the molecule is CN(C)c1cccc2c(S(=O)(=O)NCc3cccc(CNS(=O)(=O)c4cccc5c(N(C)C)cccc45)n3)cccc12. The molecule has 4 aromatic carbocycles. The Balaban J connectivity index is 1.33. The minimum Gasteiger partial charge on any atom is -0.377 e. The number of benzene rings is 4. The molecule has 0 atom stereocenters. The first kappa shape index (κ1) is 29.5. The van der Waals surface area contributed by atoms with Gasteiger partial charge in [-0.05, 0) is 36.4 Å². The first-order valence-corrected chi connectivity index (χ1v) is 16.3. The van der Waals surface area contributed by atoms with E-state index >= 15 is 0 Å². The molecule has 11 heteroatoms. The van der Waals surface area contributed by atoms with E-state index in [0.717, 1.165) is 22.1 Å². The zero-order valence-corrected chi connectivity index (χ0v) is 25.5. The summed E-state index contributed by atoms with van der Waals surface area (Å²) in [6.45, 7) is -0.105.